The molecule has 1 aliphatic rings. The molecule has 25 heavy (non-hydrogen) atoms. The van der Waals surface area contributed by atoms with Gasteiger partial charge in [0.1, 0.15) is 5.75 Å². The molecule has 7 heteroatoms. The van der Waals surface area contributed by atoms with Crippen LogP contribution in [0.15, 0.2) is 24.3 Å². The Hall–Kier alpha value is -2.61. The van der Waals surface area contributed by atoms with Gasteiger partial charge in [-0.05, 0) is 24.3 Å². The number of carbonyl (C=O) groups excluding carboxylic acids is 1. The van der Waals surface area contributed by atoms with Gasteiger partial charge in [0.25, 0.3) is 5.91 Å². The highest BCUT2D eigenvalue weighted by Gasteiger charge is 2.17. The van der Waals surface area contributed by atoms with Gasteiger partial charge >= 0.3 is 0 Å². The number of hydrogen-bond donors (Lipinski definition) is 0. The van der Waals surface area contributed by atoms with E-state index in [4.69, 9.17) is 20.0 Å². The van der Waals surface area contributed by atoms with E-state index in [1.165, 1.54) is 0 Å². The maximum atomic E-state index is 12.4. The number of nitriles is 2. The molecule has 7 nitrogen and oxygen atoms in total. The van der Waals surface area contributed by atoms with Gasteiger partial charge in [-0.1, -0.05) is 0 Å². The monoisotopic (exact) mass is 342 g/mol. The van der Waals surface area contributed by atoms with Crippen molar-refractivity contribution < 1.29 is 14.3 Å². The number of benzene rings is 1. The third-order valence-corrected chi connectivity index (χ3v) is 3.98. The Balaban J connectivity index is 1.83. The highest BCUT2D eigenvalue weighted by molar-refractivity contribution is 5.77. The number of amides is 1. The third kappa shape index (κ3) is 6.42. The van der Waals surface area contributed by atoms with Crippen molar-refractivity contribution in [2.75, 3.05) is 52.5 Å². The molecule has 0 saturated carbocycles. The lowest BCUT2D eigenvalue weighted by Gasteiger charge is -2.29. The molecule has 1 aromatic carbocycles. The lowest BCUT2D eigenvalue weighted by Crippen LogP contribution is -2.44. The highest BCUT2D eigenvalue weighted by Crippen LogP contribution is 2.11. The lowest BCUT2D eigenvalue weighted by atomic mass is 10.2. The number of morpholine rings is 1. The van der Waals surface area contributed by atoms with Crippen LogP contribution in [-0.4, -0.2) is 68.3 Å². The first-order chi connectivity index (χ1) is 12.2. The minimum absolute atomic E-state index is 0.0829. The largest absolute Gasteiger partial charge is 0.484 e. The number of nitrogens with zero attached hydrogens (tertiary/aromatic N) is 4. The zero-order valence-electron chi connectivity index (χ0n) is 14.2. The summed E-state index contributed by atoms with van der Waals surface area (Å²) < 4.78 is 10.8. The van der Waals surface area contributed by atoms with Gasteiger partial charge < -0.3 is 14.4 Å². The van der Waals surface area contributed by atoms with Gasteiger partial charge in [-0.25, -0.2) is 0 Å². The molecule has 0 spiro atoms. The van der Waals surface area contributed by atoms with Crippen molar-refractivity contribution in [1.82, 2.24) is 9.80 Å². The van der Waals surface area contributed by atoms with Crippen molar-refractivity contribution in [3.8, 4) is 17.9 Å². The Morgan fingerprint density at radius 2 is 1.92 bits per heavy atom. The van der Waals surface area contributed by atoms with Crippen LogP contribution in [0.4, 0.5) is 0 Å². The molecule has 2 rings (SSSR count). The molecular weight excluding hydrogens is 320 g/mol. The molecule has 0 bridgehead atoms. The molecule has 0 atom stereocenters. The summed E-state index contributed by atoms with van der Waals surface area (Å²) in [6.45, 7) is 4.80. The Kier molecular flexibility index (Phi) is 7.71. The zero-order valence-corrected chi connectivity index (χ0v) is 14.2. The van der Waals surface area contributed by atoms with Crippen molar-refractivity contribution in [2.45, 2.75) is 6.42 Å². The van der Waals surface area contributed by atoms with E-state index in [0.29, 0.717) is 44.0 Å². The summed E-state index contributed by atoms with van der Waals surface area (Å²) in [6.07, 6.45) is 0.297. The molecule has 1 saturated heterocycles. The standard InChI is InChI=1S/C18H22N4O3/c19-6-1-7-22(9-8-21-10-12-24-13-11-21)18(23)15-25-17-4-2-16(14-20)3-5-17/h2-5H,1,7-13,15H2. The van der Waals surface area contributed by atoms with Gasteiger partial charge in [0.2, 0.25) is 0 Å². The Morgan fingerprint density at radius 1 is 1.20 bits per heavy atom. The predicted octanol–water partition coefficient (Wildman–Crippen LogP) is 1.01. The van der Waals surface area contributed by atoms with E-state index in [0.717, 1.165) is 19.6 Å². The summed E-state index contributed by atoms with van der Waals surface area (Å²) >= 11 is 0. The summed E-state index contributed by atoms with van der Waals surface area (Å²) in [4.78, 5) is 16.3. The molecular formula is C18H22N4O3. The van der Waals surface area contributed by atoms with E-state index >= 15 is 0 Å². The number of carbonyl (C=O) groups is 1. The van der Waals surface area contributed by atoms with Crippen LogP contribution < -0.4 is 4.74 Å². The molecule has 0 N–H and O–H groups in total. The summed E-state index contributed by atoms with van der Waals surface area (Å²) in [6, 6.07) is 10.7. The van der Waals surface area contributed by atoms with Crippen LogP contribution in [0.1, 0.15) is 12.0 Å². The van der Waals surface area contributed by atoms with Gasteiger partial charge in [-0.15, -0.1) is 0 Å². The van der Waals surface area contributed by atoms with E-state index < -0.39 is 0 Å². The van der Waals surface area contributed by atoms with E-state index in [1.807, 2.05) is 6.07 Å². The molecule has 0 radical (unpaired) electrons. The SMILES string of the molecule is N#CCCN(CCN1CCOCC1)C(=O)COc1ccc(C#N)cc1. The molecule has 1 aromatic rings. The Bertz CT molecular complexity index is 627. The average molecular weight is 342 g/mol. The van der Waals surface area contributed by atoms with E-state index in [1.54, 1.807) is 29.2 Å². The van der Waals surface area contributed by atoms with Crippen LogP contribution in [0.2, 0.25) is 0 Å². The van der Waals surface area contributed by atoms with Crippen LogP contribution in [0, 0.1) is 22.7 Å². The van der Waals surface area contributed by atoms with Crippen molar-refractivity contribution in [3.05, 3.63) is 29.8 Å². The molecule has 1 aliphatic heterocycles. The highest BCUT2D eigenvalue weighted by atomic mass is 16.5. The fourth-order valence-electron chi connectivity index (χ4n) is 2.50. The van der Waals surface area contributed by atoms with Gasteiger partial charge in [0, 0.05) is 32.7 Å². The molecule has 1 heterocycles. The van der Waals surface area contributed by atoms with Crippen LogP contribution in [0.5, 0.6) is 5.75 Å². The smallest absolute Gasteiger partial charge is 0.260 e. The van der Waals surface area contributed by atoms with E-state index in [-0.39, 0.29) is 12.5 Å². The second-order valence-electron chi connectivity index (χ2n) is 5.67. The van der Waals surface area contributed by atoms with Crippen LogP contribution >= 0.6 is 0 Å². The summed E-state index contributed by atoms with van der Waals surface area (Å²) in [5, 5.41) is 17.6. The van der Waals surface area contributed by atoms with Crippen LogP contribution in [-0.2, 0) is 9.53 Å². The summed E-state index contributed by atoms with van der Waals surface area (Å²) in [7, 11) is 0. The molecule has 0 aliphatic carbocycles. The quantitative estimate of drug-likeness (QED) is 0.700. The normalized spacial score (nSPS) is 14.3. The number of rotatable bonds is 8. The molecule has 132 valence electrons. The zero-order chi connectivity index (χ0) is 17.9. The summed E-state index contributed by atoms with van der Waals surface area (Å²) in [5.74, 6) is 0.397. The molecule has 0 unspecified atom stereocenters. The van der Waals surface area contributed by atoms with Crippen LogP contribution in [0.25, 0.3) is 0 Å². The Morgan fingerprint density at radius 3 is 2.56 bits per heavy atom. The molecule has 1 amide bonds. The fraction of sp³-hybridized carbons (Fsp3) is 0.500. The van der Waals surface area contributed by atoms with Gasteiger partial charge in [0.05, 0.1) is 37.3 Å². The van der Waals surface area contributed by atoms with E-state index in [9.17, 15) is 4.79 Å². The number of ether oxygens (including phenoxy) is 2. The molecule has 0 aromatic heterocycles. The molecule has 1 fully saturated rings. The van der Waals surface area contributed by atoms with Gasteiger partial charge in [0.15, 0.2) is 6.61 Å². The predicted molar refractivity (Wildman–Crippen MR) is 90.7 cm³/mol. The van der Waals surface area contributed by atoms with Gasteiger partial charge in [-0.2, -0.15) is 10.5 Å². The minimum Gasteiger partial charge on any atom is -0.484 e. The fourth-order valence-corrected chi connectivity index (χ4v) is 2.50. The first kappa shape index (κ1) is 18.7. The Labute approximate surface area is 147 Å². The maximum Gasteiger partial charge on any atom is 0.260 e. The first-order valence-electron chi connectivity index (χ1n) is 8.30. The lowest BCUT2D eigenvalue weighted by molar-refractivity contribution is -0.133. The van der Waals surface area contributed by atoms with Crippen molar-refractivity contribution in [1.29, 1.82) is 10.5 Å². The van der Waals surface area contributed by atoms with Crippen molar-refractivity contribution in [2.24, 2.45) is 0 Å². The van der Waals surface area contributed by atoms with Gasteiger partial charge in [-0.3, -0.25) is 9.69 Å². The van der Waals surface area contributed by atoms with Crippen molar-refractivity contribution >= 4 is 5.91 Å². The summed E-state index contributed by atoms with van der Waals surface area (Å²) in [5.41, 5.74) is 0.542. The second-order valence-corrected chi connectivity index (χ2v) is 5.67. The third-order valence-electron chi connectivity index (χ3n) is 3.98. The average Bonchev–Trinajstić information content (AvgIpc) is 2.67. The first-order valence-corrected chi connectivity index (χ1v) is 8.30. The maximum absolute atomic E-state index is 12.4. The van der Waals surface area contributed by atoms with Crippen molar-refractivity contribution in [3.63, 3.8) is 0 Å². The van der Waals surface area contributed by atoms with E-state index in [2.05, 4.69) is 11.0 Å². The number of hydrogen-bond acceptors (Lipinski definition) is 6. The van der Waals surface area contributed by atoms with Crippen LogP contribution in [0.3, 0.4) is 0 Å². The second kappa shape index (κ2) is 10.3. The topological polar surface area (TPSA) is 89.6 Å². The minimum atomic E-state index is -0.145.